The molecule has 0 aromatic carbocycles. The maximum absolute atomic E-state index is 13.5. The summed E-state index contributed by atoms with van der Waals surface area (Å²) in [5.41, 5.74) is -0.604. The second kappa shape index (κ2) is 7.66. The molecule has 0 atom stereocenters. The molecule has 0 aliphatic heterocycles. The number of rotatable bonds is 5. The number of aromatic nitrogens is 5. The molecule has 1 amide bonds. The summed E-state index contributed by atoms with van der Waals surface area (Å²) in [4.78, 5) is 23.7. The Morgan fingerprint density at radius 1 is 1.21 bits per heavy atom. The highest BCUT2D eigenvalue weighted by Crippen LogP contribution is 2.43. The van der Waals surface area contributed by atoms with Gasteiger partial charge in [0.2, 0.25) is 11.8 Å². The van der Waals surface area contributed by atoms with Crippen LogP contribution in [0, 0.1) is 6.92 Å². The van der Waals surface area contributed by atoms with Gasteiger partial charge < -0.3 is 9.47 Å². The molecule has 3 aromatic rings. The van der Waals surface area contributed by atoms with Crippen LogP contribution < -0.4 is 14.8 Å². The van der Waals surface area contributed by atoms with E-state index < -0.39 is 17.8 Å². The largest absolute Gasteiger partial charge is 0.480 e. The van der Waals surface area contributed by atoms with Crippen LogP contribution >= 0.6 is 11.3 Å². The lowest BCUT2D eigenvalue weighted by atomic mass is 10.2. The molecule has 1 N–H and O–H groups in total. The monoisotopic (exact) mass is 428 g/mol. The van der Waals surface area contributed by atoms with Crippen molar-refractivity contribution < 1.29 is 27.4 Å². The minimum absolute atomic E-state index is 0.0923. The highest BCUT2D eigenvalue weighted by atomic mass is 32.1. The fraction of sp³-hybridized carbons (Fsp3) is 0.312. The van der Waals surface area contributed by atoms with Gasteiger partial charge in [-0.1, -0.05) is 11.3 Å². The first-order valence-corrected chi connectivity index (χ1v) is 8.80. The normalized spacial score (nSPS) is 11.4. The number of ether oxygens (including phenoxy) is 2. The van der Waals surface area contributed by atoms with Crippen LogP contribution in [0.3, 0.4) is 0 Å². The van der Waals surface area contributed by atoms with Crippen molar-refractivity contribution in [1.82, 2.24) is 24.7 Å². The van der Waals surface area contributed by atoms with Crippen LogP contribution in [0.2, 0.25) is 0 Å². The molecule has 3 aromatic heterocycles. The number of hydrogen-bond donors (Lipinski definition) is 1. The number of anilines is 1. The lowest BCUT2D eigenvalue weighted by molar-refractivity contribution is -0.140. The van der Waals surface area contributed by atoms with Crippen LogP contribution in [0.15, 0.2) is 12.5 Å². The molecular weight excluding hydrogens is 413 g/mol. The van der Waals surface area contributed by atoms with Crippen molar-refractivity contribution in [2.45, 2.75) is 13.1 Å². The summed E-state index contributed by atoms with van der Waals surface area (Å²) >= 11 is 0.678. The highest BCUT2D eigenvalue weighted by molar-refractivity contribution is 7.19. The molecule has 9 nitrogen and oxygen atoms in total. The Labute approximate surface area is 166 Å². The van der Waals surface area contributed by atoms with Crippen LogP contribution in [0.25, 0.3) is 10.4 Å². The van der Waals surface area contributed by atoms with Gasteiger partial charge in [-0.25, -0.2) is 15.0 Å². The number of nitrogens with one attached hydrogen (secondary N) is 1. The Bertz CT molecular complexity index is 1040. The van der Waals surface area contributed by atoms with E-state index >= 15 is 0 Å². The van der Waals surface area contributed by atoms with Gasteiger partial charge in [0.05, 0.1) is 24.8 Å². The zero-order valence-corrected chi connectivity index (χ0v) is 16.5. The average molecular weight is 428 g/mol. The maximum atomic E-state index is 13.5. The fourth-order valence-electron chi connectivity index (χ4n) is 2.59. The van der Waals surface area contributed by atoms with Crippen molar-refractivity contribution in [3.05, 3.63) is 29.5 Å². The maximum Gasteiger partial charge on any atom is 0.434 e. The van der Waals surface area contributed by atoms with E-state index in [1.54, 1.807) is 14.0 Å². The standard InChI is InChI=1S/C16H15F3N6O3S/c1-7-8(5-25(2)24-7)10-11(16(17,18)19)22-15(29-10)23-12(26)9-13(27-3)20-6-21-14(9)28-4/h5-6H,1-4H3,(H,22,23,26). The summed E-state index contributed by atoms with van der Waals surface area (Å²) in [7, 11) is 4.17. The zero-order chi connectivity index (χ0) is 21.3. The van der Waals surface area contributed by atoms with Gasteiger partial charge in [0.1, 0.15) is 6.33 Å². The van der Waals surface area contributed by atoms with Gasteiger partial charge in [-0.05, 0) is 6.92 Å². The summed E-state index contributed by atoms with van der Waals surface area (Å²) in [5, 5.41) is 6.15. The van der Waals surface area contributed by atoms with Crippen molar-refractivity contribution in [3.8, 4) is 22.2 Å². The first-order valence-electron chi connectivity index (χ1n) is 7.98. The van der Waals surface area contributed by atoms with Gasteiger partial charge in [0, 0.05) is 18.8 Å². The minimum Gasteiger partial charge on any atom is -0.480 e. The predicted molar refractivity (Wildman–Crippen MR) is 97.1 cm³/mol. The molecule has 0 spiro atoms. The molecule has 3 rings (SSSR count). The van der Waals surface area contributed by atoms with E-state index in [4.69, 9.17) is 9.47 Å². The molecule has 0 aliphatic rings. The summed E-state index contributed by atoms with van der Waals surface area (Å²) in [6, 6.07) is 0. The molecule has 13 heteroatoms. The number of alkyl halides is 3. The number of methoxy groups -OCH3 is 2. The topological polar surface area (TPSA) is 104 Å². The number of aryl methyl sites for hydroxylation is 2. The smallest absolute Gasteiger partial charge is 0.434 e. The molecule has 0 saturated heterocycles. The Hall–Kier alpha value is -3.22. The van der Waals surface area contributed by atoms with Gasteiger partial charge in [-0.3, -0.25) is 14.8 Å². The third kappa shape index (κ3) is 3.99. The van der Waals surface area contributed by atoms with E-state index in [2.05, 4.69) is 25.4 Å². The number of hydrogen-bond acceptors (Lipinski definition) is 8. The first kappa shape index (κ1) is 20.5. The molecule has 3 heterocycles. The van der Waals surface area contributed by atoms with Crippen molar-refractivity contribution >= 4 is 22.4 Å². The van der Waals surface area contributed by atoms with E-state index in [1.807, 2.05) is 0 Å². The fourth-order valence-corrected chi connectivity index (χ4v) is 3.63. The number of thiazole rings is 1. The third-order valence-corrected chi connectivity index (χ3v) is 4.77. The molecular formula is C16H15F3N6O3S. The lowest BCUT2D eigenvalue weighted by Crippen LogP contribution is -2.16. The van der Waals surface area contributed by atoms with Crippen LogP contribution in [0.4, 0.5) is 18.3 Å². The molecule has 29 heavy (non-hydrogen) atoms. The molecule has 0 bridgehead atoms. The molecule has 0 radical (unpaired) electrons. The Morgan fingerprint density at radius 3 is 2.31 bits per heavy atom. The highest BCUT2D eigenvalue weighted by Gasteiger charge is 2.39. The number of amides is 1. The van der Waals surface area contributed by atoms with Crippen LogP contribution in [-0.2, 0) is 13.2 Å². The van der Waals surface area contributed by atoms with E-state index in [9.17, 15) is 18.0 Å². The molecule has 0 saturated carbocycles. The van der Waals surface area contributed by atoms with Gasteiger partial charge in [-0.2, -0.15) is 18.3 Å². The first-order chi connectivity index (χ1) is 13.7. The van der Waals surface area contributed by atoms with Crippen LogP contribution in [0.5, 0.6) is 11.8 Å². The second-order valence-corrected chi connectivity index (χ2v) is 6.72. The SMILES string of the molecule is COc1ncnc(OC)c1C(=O)Nc1nc(C(F)(F)F)c(-c2cn(C)nc2C)s1. The molecule has 0 aliphatic carbocycles. The van der Waals surface area contributed by atoms with Crippen LogP contribution in [0.1, 0.15) is 21.7 Å². The Balaban J connectivity index is 2.03. The van der Waals surface area contributed by atoms with Crippen molar-refractivity contribution in [2.24, 2.45) is 7.05 Å². The molecule has 0 unspecified atom stereocenters. The van der Waals surface area contributed by atoms with E-state index in [-0.39, 0.29) is 32.9 Å². The number of halogens is 3. The minimum atomic E-state index is -4.72. The summed E-state index contributed by atoms with van der Waals surface area (Å²) in [6.07, 6.45) is -2.13. The third-order valence-electron chi connectivity index (χ3n) is 3.77. The van der Waals surface area contributed by atoms with Crippen molar-refractivity contribution in [2.75, 3.05) is 19.5 Å². The van der Waals surface area contributed by atoms with Gasteiger partial charge in [-0.15, -0.1) is 0 Å². The van der Waals surface area contributed by atoms with Gasteiger partial charge in [0.15, 0.2) is 16.4 Å². The molecule has 0 fully saturated rings. The zero-order valence-electron chi connectivity index (χ0n) is 15.7. The summed E-state index contributed by atoms with van der Waals surface area (Å²) in [5.74, 6) is -1.01. The van der Waals surface area contributed by atoms with E-state index in [1.165, 1.54) is 25.1 Å². The number of carbonyl (C=O) groups is 1. The number of carbonyl (C=O) groups excluding carboxylic acids is 1. The van der Waals surface area contributed by atoms with Crippen LogP contribution in [-0.4, -0.2) is 44.9 Å². The quantitative estimate of drug-likeness (QED) is 0.666. The number of nitrogens with zero attached hydrogens (tertiary/aromatic N) is 5. The average Bonchev–Trinajstić information content (AvgIpc) is 3.23. The lowest BCUT2D eigenvalue weighted by Gasteiger charge is -2.09. The van der Waals surface area contributed by atoms with Gasteiger partial charge in [0.25, 0.3) is 5.91 Å². The predicted octanol–water partition coefficient (Wildman–Crippen LogP) is 2.93. The summed E-state index contributed by atoms with van der Waals surface area (Å²) < 4.78 is 52.0. The van der Waals surface area contributed by atoms with Crippen molar-refractivity contribution in [3.63, 3.8) is 0 Å². The molecule has 154 valence electrons. The van der Waals surface area contributed by atoms with E-state index in [0.717, 1.165) is 6.33 Å². The Morgan fingerprint density at radius 2 is 1.83 bits per heavy atom. The summed E-state index contributed by atoms with van der Waals surface area (Å²) in [6.45, 7) is 1.59. The second-order valence-electron chi connectivity index (χ2n) is 5.72. The van der Waals surface area contributed by atoms with E-state index in [0.29, 0.717) is 17.0 Å². The van der Waals surface area contributed by atoms with Gasteiger partial charge >= 0.3 is 6.18 Å². The Kier molecular flexibility index (Phi) is 5.42. The van der Waals surface area contributed by atoms with Crippen molar-refractivity contribution in [1.29, 1.82) is 0 Å².